The highest BCUT2D eigenvalue weighted by atomic mass is 35.5. The number of carbonyl (C=O) groups is 1. The fourth-order valence-electron chi connectivity index (χ4n) is 1.89. The van der Waals surface area contributed by atoms with Crippen LogP contribution in [0.15, 0.2) is 52.1 Å². The van der Waals surface area contributed by atoms with E-state index >= 15 is 0 Å². The van der Waals surface area contributed by atoms with Crippen molar-refractivity contribution in [2.24, 2.45) is 0 Å². The van der Waals surface area contributed by atoms with Crippen LogP contribution in [0, 0.1) is 11.6 Å². The van der Waals surface area contributed by atoms with Crippen LogP contribution in [-0.2, 0) is 0 Å². The van der Waals surface area contributed by atoms with Crippen LogP contribution in [0.2, 0.25) is 5.02 Å². The summed E-state index contributed by atoms with van der Waals surface area (Å²) in [5, 5.41) is 8.42. The van der Waals surface area contributed by atoms with E-state index in [1.165, 1.54) is 0 Å². The molecule has 0 saturated carbocycles. The molecule has 3 rings (SSSR count). The number of hydrogen-bond donors (Lipinski definition) is 0. The maximum atomic E-state index is 13.5. The van der Waals surface area contributed by atoms with Crippen molar-refractivity contribution in [2.45, 2.75) is 5.22 Å². The molecular weight excluding hydrogens is 358 g/mol. The quantitative estimate of drug-likeness (QED) is 0.486. The molecule has 3 aromatic rings. The Bertz CT molecular complexity index is 884. The van der Waals surface area contributed by atoms with E-state index in [0.29, 0.717) is 10.6 Å². The number of hydrogen-bond acceptors (Lipinski definition) is 5. The average molecular weight is 367 g/mol. The van der Waals surface area contributed by atoms with Gasteiger partial charge in [0.15, 0.2) is 5.78 Å². The maximum absolute atomic E-state index is 13.5. The van der Waals surface area contributed by atoms with E-state index in [1.54, 1.807) is 24.3 Å². The summed E-state index contributed by atoms with van der Waals surface area (Å²) in [5.41, 5.74) is 0.376. The topological polar surface area (TPSA) is 56.0 Å². The van der Waals surface area contributed by atoms with Crippen molar-refractivity contribution in [1.82, 2.24) is 10.2 Å². The minimum atomic E-state index is -0.769. The SMILES string of the molecule is O=C(CSc1nnc(-c2ccc(Cl)cc2)o1)c1cc(F)ccc1F. The second kappa shape index (κ2) is 7.11. The van der Waals surface area contributed by atoms with E-state index in [1.807, 2.05) is 0 Å². The van der Waals surface area contributed by atoms with Gasteiger partial charge in [0.2, 0.25) is 5.89 Å². The Labute approximate surface area is 144 Å². The first-order valence-electron chi connectivity index (χ1n) is 6.73. The lowest BCUT2D eigenvalue weighted by Gasteiger charge is -2.01. The van der Waals surface area contributed by atoms with Crippen LogP contribution in [0.4, 0.5) is 8.78 Å². The summed E-state index contributed by atoms with van der Waals surface area (Å²) in [7, 11) is 0. The molecule has 24 heavy (non-hydrogen) atoms. The second-order valence-corrected chi connectivity index (χ2v) is 6.08. The second-order valence-electron chi connectivity index (χ2n) is 4.72. The van der Waals surface area contributed by atoms with Crippen LogP contribution in [0.3, 0.4) is 0 Å². The minimum absolute atomic E-state index is 0.150. The number of aromatic nitrogens is 2. The van der Waals surface area contributed by atoms with Crippen molar-refractivity contribution in [1.29, 1.82) is 0 Å². The first-order valence-corrected chi connectivity index (χ1v) is 8.10. The molecular formula is C16H9ClF2N2O2S. The van der Waals surface area contributed by atoms with Gasteiger partial charge in [0.1, 0.15) is 11.6 Å². The zero-order valence-electron chi connectivity index (χ0n) is 12.0. The molecule has 4 nitrogen and oxygen atoms in total. The van der Waals surface area contributed by atoms with E-state index in [-0.39, 0.29) is 22.4 Å². The van der Waals surface area contributed by atoms with Gasteiger partial charge >= 0.3 is 0 Å². The van der Waals surface area contributed by atoms with Crippen molar-refractivity contribution in [3.63, 3.8) is 0 Å². The standard InChI is InChI=1S/C16H9ClF2N2O2S/c17-10-3-1-9(2-4-10)15-20-21-16(23-15)24-8-14(22)12-7-11(18)5-6-13(12)19/h1-7H,8H2. The molecule has 0 unspecified atom stereocenters. The molecule has 0 aliphatic rings. The Morgan fingerprint density at radius 2 is 1.88 bits per heavy atom. The molecule has 0 aliphatic carbocycles. The molecule has 1 heterocycles. The highest BCUT2D eigenvalue weighted by Gasteiger charge is 2.16. The normalized spacial score (nSPS) is 10.8. The van der Waals surface area contributed by atoms with E-state index in [2.05, 4.69) is 10.2 Å². The molecule has 122 valence electrons. The summed E-state index contributed by atoms with van der Waals surface area (Å²) in [6, 6.07) is 9.54. The monoisotopic (exact) mass is 366 g/mol. The Morgan fingerprint density at radius 3 is 2.62 bits per heavy atom. The summed E-state index contributed by atoms with van der Waals surface area (Å²) in [4.78, 5) is 12.0. The largest absolute Gasteiger partial charge is 0.411 e. The third kappa shape index (κ3) is 3.80. The van der Waals surface area contributed by atoms with Crippen molar-refractivity contribution in [3.8, 4) is 11.5 Å². The molecule has 8 heteroatoms. The summed E-state index contributed by atoms with van der Waals surface area (Å²) >= 11 is 6.76. The van der Waals surface area contributed by atoms with Gasteiger partial charge in [-0.05, 0) is 42.5 Å². The van der Waals surface area contributed by atoms with Crippen LogP contribution in [0.25, 0.3) is 11.5 Å². The van der Waals surface area contributed by atoms with Gasteiger partial charge in [-0.2, -0.15) is 0 Å². The van der Waals surface area contributed by atoms with Crippen LogP contribution in [0.5, 0.6) is 0 Å². The molecule has 0 bridgehead atoms. The molecule has 1 aromatic heterocycles. The molecule has 0 saturated heterocycles. The minimum Gasteiger partial charge on any atom is -0.411 e. The lowest BCUT2D eigenvalue weighted by molar-refractivity contribution is 0.101. The van der Waals surface area contributed by atoms with Crippen molar-refractivity contribution < 1.29 is 18.0 Å². The molecule has 2 aromatic carbocycles. The number of thioether (sulfide) groups is 1. The fraction of sp³-hybridized carbons (Fsp3) is 0.0625. The summed E-state index contributed by atoms with van der Waals surface area (Å²) < 4.78 is 32.1. The lowest BCUT2D eigenvalue weighted by atomic mass is 10.1. The number of benzene rings is 2. The lowest BCUT2D eigenvalue weighted by Crippen LogP contribution is -2.06. The summed E-state index contributed by atoms with van der Waals surface area (Å²) in [6.07, 6.45) is 0. The van der Waals surface area contributed by atoms with E-state index < -0.39 is 17.4 Å². The first kappa shape index (κ1) is 16.6. The third-order valence-electron chi connectivity index (χ3n) is 3.05. The van der Waals surface area contributed by atoms with Gasteiger partial charge in [0.25, 0.3) is 5.22 Å². The number of rotatable bonds is 5. The molecule has 0 amide bonds. The maximum Gasteiger partial charge on any atom is 0.277 e. The Morgan fingerprint density at radius 1 is 1.12 bits per heavy atom. The van der Waals surface area contributed by atoms with Gasteiger partial charge < -0.3 is 4.42 Å². The van der Waals surface area contributed by atoms with Crippen LogP contribution in [-0.4, -0.2) is 21.7 Å². The molecule has 0 spiro atoms. The zero-order chi connectivity index (χ0) is 17.1. The van der Waals surface area contributed by atoms with Gasteiger partial charge in [0.05, 0.1) is 11.3 Å². The van der Waals surface area contributed by atoms with Crippen LogP contribution < -0.4 is 0 Å². The Kier molecular flexibility index (Phi) is 4.92. The van der Waals surface area contributed by atoms with Crippen LogP contribution >= 0.6 is 23.4 Å². The predicted octanol–water partition coefficient (Wildman–Crippen LogP) is 4.64. The molecule has 0 radical (unpaired) electrons. The molecule has 0 N–H and O–H groups in total. The number of ketones is 1. The van der Waals surface area contributed by atoms with Gasteiger partial charge in [-0.15, -0.1) is 10.2 Å². The number of carbonyl (C=O) groups excluding carboxylic acids is 1. The summed E-state index contributed by atoms with van der Waals surface area (Å²) in [5.74, 6) is -1.88. The first-order chi connectivity index (χ1) is 11.5. The smallest absolute Gasteiger partial charge is 0.277 e. The van der Waals surface area contributed by atoms with Gasteiger partial charge in [0, 0.05) is 10.6 Å². The van der Waals surface area contributed by atoms with E-state index in [4.69, 9.17) is 16.0 Å². The fourth-order valence-corrected chi connectivity index (χ4v) is 2.67. The Hall–Kier alpha value is -2.25. The third-order valence-corrected chi connectivity index (χ3v) is 4.12. The zero-order valence-corrected chi connectivity index (χ0v) is 13.6. The van der Waals surface area contributed by atoms with Crippen molar-refractivity contribution in [2.75, 3.05) is 5.75 Å². The predicted molar refractivity (Wildman–Crippen MR) is 86.2 cm³/mol. The molecule has 0 fully saturated rings. The van der Waals surface area contributed by atoms with Crippen LogP contribution in [0.1, 0.15) is 10.4 Å². The van der Waals surface area contributed by atoms with Gasteiger partial charge in [-0.25, -0.2) is 8.78 Å². The number of Topliss-reactive ketones (excluding diaryl/α,β-unsaturated/α-hetero) is 1. The van der Waals surface area contributed by atoms with E-state index in [9.17, 15) is 13.6 Å². The highest BCUT2D eigenvalue weighted by Crippen LogP contribution is 2.25. The van der Waals surface area contributed by atoms with Crippen molar-refractivity contribution in [3.05, 3.63) is 64.7 Å². The number of nitrogens with zero attached hydrogens (tertiary/aromatic N) is 2. The Balaban J connectivity index is 1.68. The average Bonchev–Trinajstić information content (AvgIpc) is 3.04. The number of halogens is 3. The van der Waals surface area contributed by atoms with Gasteiger partial charge in [-0.3, -0.25) is 4.79 Å². The van der Waals surface area contributed by atoms with Gasteiger partial charge in [-0.1, -0.05) is 23.4 Å². The molecule has 0 atom stereocenters. The molecule has 0 aliphatic heterocycles. The van der Waals surface area contributed by atoms with E-state index in [0.717, 1.165) is 30.0 Å². The highest BCUT2D eigenvalue weighted by molar-refractivity contribution is 7.99. The summed E-state index contributed by atoms with van der Waals surface area (Å²) in [6.45, 7) is 0. The van der Waals surface area contributed by atoms with Crippen molar-refractivity contribution >= 4 is 29.1 Å².